The molecule has 0 bridgehead atoms. The molecular formula is C17H22N2O2. The maximum absolute atomic E-state index is 12.8. The summed E-state index contributed by atoms with van der Waals surface area (Å²) in [6.07, 6.45) is 2.46. The first-order valence-corrected chi connectivity index (χ1v) is 7.63. The van der Waals surface area contributed by atoms with E-state index in [9.17, 15) is 9.59 Å². The molecule has 0 radical (unpaired) electrons. The molecule has 1 aromatic rings. The van der Waals surface area contributed by atoms with Crippen molar-refractivity contribution in [3.05, 3.63) is 34.9 Å². The number of aryl methyl sites for hydroxylation is 2. The minimum Gasteiger partial charge on any atom is -0.356 e. The van der Waals surface area contributed by atoms with Crippen LogP contribution in [0.1, 0.15) is 40.7 Å². The van der Waals surface area contributed by atoms with E-state index in [0.717, 1.165) is 49.2 Å². The molecule has 4 heteroatoms. The van der Waals surface area contributed by atoms with Gasteiger partial charge in [-0.2, -0.15) is 0 Å². The van der Waals surface area contributed by atoms with Gasteiger partial charge in [0.15, 0.2) is 0 Å². The molecule has 0 saturated carbocycles. The summed E-state index contributed by atoms with van der Waals surface area (Å²) >= 11 is 0. The van der Waals surface area contributed by atoms with Crippen LogP contribution in [0.15, 0.2) is 18.2 Å². The highest BCUT2D eigenvalue weighted by atomic mass is 16.2. The molecule has 1 spiro atoms. The van der Waals surface area contributed by atoms with Gasteiger partial charge in [-0.25, -0.2) is 0 Å². The Bertz CT molecular complexity index is 566. The molecular weight excluding hydrogens is 264 g/mol. The summed E-state index contributed by atoms with van der Waals surface area (Å²) in [6, 6.07) is 5.97. The van der Waals surface area contributed by atoms with Crippen LogP contribution in [0.25, 0.3) is 0 Å². The molecule has 2 saturated heterocycles. The molecule has 0 unspecified atom stereocenters. The maximum atomic E-state index is 12.8. The van der Waals surface area contributed by atoms with Crippen molar-refractivity contribution >= 4 is 11.8 Å². The van der Waals surface area contributed by atoms with Crippen molar-refractivity contribution in [1.82, 2.24) is 10.2 Å². The lowest BCUT2D eigenvalue weighted by molar-refractivity contribution is -0.119. The van der Waals surface area contributed by atoms with Crippen LogP contribution in [0.4, 0.5) is 0 Å². The lowest BCUT2D eigenvalue weighted by Crippen LogP contribution is -2.44. The van der Waals surface area contributed by atoms with Crippen LogP contribution in [0.3, 0.4) is 0 Å². The van der Waals surface area contributed by atoms with Crippen molar-refractivity contribution in [2.45, 2.75) is 33.1 Å². The zero-order valence-electron chi connectivity index (χ0n) is 12.7. The van der Waals surface area contributed by atoms with Crippen molar-refractivity contribution < 1.29 is 9.59 Å². The quantitative estimate of drug-likeness (QED) is 0.859. The molecule has 2 aliphatic heterocycles. The van der Waals surface area contributed by atoms with Crippen molar-refractivity contribution in [2.75, 3.05) is 19.6 Å². The predicted octanol–water partition coefficient (Wildman–Crippen LogP) is 2.05. The van der Waals surface area contributed by atoms with Crippen molar-refractivity contribution in [3.63, 3.8) is 0 Å². The fourth-order valence-corrected chi connectivity index (χ4v) is 3.60. The molecule has 0 aliphatic carbocycles. The molecule has 1 aromatic carbocycles. The van der Waals surface area contributed by atoms with Crippen molar-refractivity contribution in [1.29, 1.82) is 0 Å². The van der Waals surface area contributed by atoms with Gasteiger partial charge in [-0.15, -0.1) is 0 Å². The number of rotatable bonds is 1. The average Bonchev–Trinajstić information content (AvgIpc) is 2.80. The van der Waals surface area contributed by atoms with Gasteiger partial charge in [-0.05, 0) is 43.2 Å². The van der Waals surface area contributed by atoms with Gasteiger partial charge in [0.05, 0.1) is 0 Å². The zero-order valence-corrected chi connectivity index (χ0v) is 12.7. The van der Waals surface area contributed by atoms with Gasteiger partial charge in [0.1, 0.15) is 0 Å². The summed E-state index contributed by atoms with van der Waals surface area (Å²) in [7, 11) is 0. The number of likely N-dealkylation sites (tertiary alicyclic amines) is 1. The standard InChI is InChI=1S/C17H22N2O2/c1-12-4-3-5-13(2)15(12)16(21)19-8-6-17(7-9-19)10-14(20)18-11-17/h3-5H,6-11H2,1-2H3,(H,18,20). The molecule has 112 valence electrons. The van der Waals surface area contributed by atoms with Gasteiger partial charge in [0.25, 0.3) is 5.91 Å². The first kappa shape index (κ1) is 14.1. The van der Waals surface area contributed by atoms with E-state index in [2.05, 4.69) is 5.32 Å². The monoisotopic (exact) mass is 286 g/mol. The third kappa shape index (κ3) is 2.55. The van der Waals surface area contributed by atoms with E-state index >= 15 is 0 Å². The third-order valence-corrected chi connectivity index (χ3v) is 5.00. The van der Waals surface area contributed by atoms with Crippen LogP contribution in [0, 0.1) is 19.3 Å². The van der Waals surface area contributed by atoms with Crippen LogP contribution in [0.2, 0.25) is 0 Å². The number of nitrogens with one attached hydrogen (secondary N) is 1. The SMILES string of the molecule is Cc1cccc(C)c1C(=O)N1CCC2(CC1)CNC(=O)C2. The highest BCUT2D eigenvalue weighted by Crippen LogP contribution is 2.37. The molecule has 0 atom stereocenters. The fraction of sp³-hybridized carbons (Fsp3) is 0.529. The normalized spacial score (nSPS) is 20.7. The van der Waals surface area contributed by atoms with Crippen LogP contribution >= 0.6 is 0 Å². The number of carbonyl (C=O) groups excluding carboxylic acids is 2. The van der Waals surface area contributed by atoms with Gasteiger partial charge in [-0.1, -0.05) is 18.2 Å². The van der Waals surface area contributed by atoms with E-state index in [4.69, 9.17) is 0 Å². The van der Waals surface area contributed by atoms with E-state index in [1.807, 2.05) is 36.9 Å². The van der Waals surface area contributed by atoms with Gasteiger partial charge >= 0.3 is 0 Å². The van der Waals surface area contributed by atoms with E-state index < -0.39 is 0 Å². The Morgan fingerprint density at radius 3 is 2.33 bits per heavy atom. The fourth-order valence-electron chi connectivity index (χ4n) is 3.60. The van der Waals surface area contributed by atoms with Gasteiger partial charge < -0.3 is 10.2 Å². The summed E-state index contributed by atoms with van der Waals surface area (Å²) in [5.74, 6) is 0.294. The molecule has 2 fully saturated rings. The van der Waals surface area contributed by atoms with Crippen LogP contribution in [-0.2, 0) is 4.79 Å². The highest BCUT2D eigenvalue weighted by Gasteiger charge is 2.41. The van der Waals surface area contributed by atoms with Crippen LogP contribution < -0.4 is 5.32 Å². The lowest BCUT2D eigenvalue weighted by Gasteiger charge is -2.38. The Morgan fingerprint density at radius 1 is 1.19 bits per heavy atom. The number of piperidine rings is 1. The van der Waals surface area contributed by atoms with Crippen molar-refractivity contribution in [2.24, 2.45) is 5.41 Å². The highest BCUT2D eigenvalue weighted by molar-refractivity contribution is 5.97. The largest absolute Gasteiger partial charge is 0.356 e. The Labute approximate surface area is 125 Å². The zero-order chi connectivity index (χ0) is 15.0. The number of benzene rings is 1. The summed E-state index contributed by atoms with van der Waals surface area (Å²) in [5.41, 5.74) is 3.01. The molecule has 4 nitrogen and oxygen atoms in total. The summed E-state index contributed by atoms with van der Waals surface area (Å²) in [4.78, 5) is 26.2. The molecule has 0 aromatic heterocycles. The number of nitrogens with zero attached hydrogens (tertiary/aromatic N) is 1. The smallest absolute Gasteiger partial charge is 0.254 e. The number of amides is 2. The van der Waals surface area contributed by atoms with E-state index in [1.165, 1.54) is 0 Å². The Hall–Kier alpha value is -1.84. The third-order valence-electron chi connectivity index (χ3n) is 5.00. The number of carbonyl (C=O) groups is 2. The molecule has 2 amide bonds. The average molecular weight is 286 g/mol. The Kier molecular flexibility index (Phi) is 3.47. The van der Waals surface area contributed by atoms with E-state index in [1.54, 1.807) is 0 Å². The molecule has 2 aliphatic rings. The lowest BCUT2D eigenvalue weighted by atomic mass is 9.77. The van der Waals surface area contributed by atoms with Gasteiger partial charge in [0.2, 0.25) is 5.91 Å². The molecule has 21 heavy (non-hydrogen) atoms. The number of hydrogen-bond acceptors (Lipinski definition) is 2. The van der Waals surface area contributed by atoms with E-state index in [0.29, 0.717) is 6.42 Å². The van der Waals surface area contributed by atoms with E-state index in [-0.39, 0.29) is 17.2 Å². The first-order valence-electron chi connectivity index (χ1n) is 7.63. The van der Waals surface area contributed by atoms with Crippen LogP contribution in [0.5, 0.6) is 0 Å². The molecule has 2 heterocycles. The number of hydrogen-bond donors (Lipinski definition) is 1. The topological polar surface area (TPSA) is 49.4 Å². The molecule has 3 rings (SSSR count). The predicted molar refractivity (Wildman–Crippen MR) is 81.1 cm³/mol. The summed E-state index contributed by atoms with van der Waals surface area (Å²) in [6.45, 7) is 6.26. The van der Waals surface area contributed by atoms with Crippen LogP contribution in [-0.4, -0.2) is 36.3 Å². The first-order chi connectivity index (χ1) is 10.0. The second-order valence-corrected chi connectivity index (χ2v) is 6.51. The maximum Gasteiger partial charge on any atom is 0.254 e. The summed E-state index contributed by atoms with van der Waals surface area (Å²) in [5, 5.41) is 2.93. The summed E-state index contributed by atoms with van der Waals surface area (Å²) < 4.78 is 0. The minimum atomic E-state index is 0.0919. The Balaban J connectivity index is 1.72. The van der Waals surface area contributed by atoms with Crippen molar-refractivity contribution in [3.8, 4) is 0 Å². The second kappa shape index (κ2) is 5.17. The van der Waals surface area contributed by atoms with Gasteiger partial charge in [-0.3, -0.25) is 9.59 Å². The Morgan fingerprint density at radius 2 is 1.81 bits per heavy atom. The second-order valence-electron chi connectivity index (χ2n) is 6.51. The minimum absolute atomic E-state index is 0.0919. The molecule has 1 N–H and O–H groups in total. The van der Waals surface area contributed by atoms with Gasteiger partial charge in [0, 0.05) is 31.6 Å².